The zero-order chi connectivity index (χ0) is 12.9. The van der Waals surface area contributed by atoms with Crippen molar-refractivity contribution in [2.45, 2.75) is 38.6 Å². The number of hydrogen-bond acceptors (Lipinski definition) is 2. The lowest BCUT2D eigenvalue weighted by Gasteiger charge is -2.26. The summed E-state index contributed by atoms with van der Waals surface area (Å²) >= 11 is 0. The molecule has 0 aromatic heterocycles. The number of imide groups is 1. The third kappa shape index (κ3) is 1.04. The van der Waals surface area contributed by atoms with Crippen LogP contribution in [0.1, 0.15) is 32.6 Å². The van der Waals surface area contributed by atoms with E-state index in [9.17, 15) is 9.59 Å². The van der Waals surface area contributed by atoms with Gasteiger partial charge in [-0.3, -0.25) is 14.5 Å². The predicted octanol–water partition coefficient (Wildman–Crippen LogP) is 1.98. The van der Waals surface area contributed by atoms with E-state index in [1.165, 1.54) is 25.7 Å². The molecule has 4 aliphatic carbocycles. The summed E-state index contributed by atoms with van der Waals surface area (Å²) in [5.41, 5.74) is 0.329. The minimum atomic E-state index is -0.00815. The van der Waals surface area contributed by atoms with Crippen molar-refractivity contribution in [3.63, 3.8) is 0 Å². The Kier molecular flexibility index (Phi) is 1.66. The Hall–Kier alpha value is -1.12. The molecular formula is C16H19NO2. The van der Waals surface area contributed by atoms with Gasteiger partial charge >= 0.3 is 0 Å². The van der Waals surface area contributed by atoms with E-state index in [0.717, 1.165) is 0 Å². The zero-order valence-corrected chi connectivity index (χ0v) is 11.2. The number of allylic oxidation sites excluding steroid dienone is 2. The number of nitrogens with zero attached hydrogens (tertiary/aromatic N) is 1. The van der Waals surface area contributed by atoms with Crippen molar-refractivity contribution in [1.29, 1.82) is 0 Å². The first kappa shape index (κ1) is 10.6. The number of rotatable bonds is 2. The predicted molar refractivity (Wildman–Crippen MR) is 68.8 cm³/mol. The van der Waals surface area contributed by atoms with Gasteiger partial charge in [0.25, 0.3) is 0 Å². The fourth-order valence-electron chi connectivity index (χ4n) is 5.29. The molecule has 5 atom stereocenters. The highest BCUT2D eigenvalue weighted by atomic mass is 16.2. The van der Waals surface area contributed by atoms with Crippen LogP contribution in [0.15, 0.2) is 12.2 Å². The van der Waals surface area contributed by atoms with Crippen LogP contribution in [0, 0.1) is 35.0 Å². The Morgan fingerprint density at radius 2 is 1.63 bits per heavy atom. The molecule has 1 heterocycles. The molecule has 2 amide bonds. The van der Waals surface area contributed by atoms with E-state index in [0.29, 0.717) is 23.2 Å². The van der Waals surface area contributed by atoms with E-state index >= 15 is 0 Å². The maximum atomic E-state index is 12.7. The summed E-state index contributed by atoms with van der Waals surface area (Å²) in [5.74, 6) is 1.60. The second kappa shape index (κ2) is 2.97. The molecule has 1 aliphatic heterocycles. The van der Waals surface area contributed by atoms with Crippen molar-refractivity contribution >= 4 is 11.8 Å². The van der Waals surface area contributed by atoms with Crippen LogP contribution in [-0.4, -0.2) is 22.8 Å². The third-order valence-electron chi connectivity index (χ3n) is 6.60. The zero-order valence-electron chi connectivity index (χ0n) is 11.2. The van der Waals surface area contributed by atoms with E-state index in [2.05, 4.69) is 19.1 Å². The quantitative estimate of drug-likeness (QED) is 0.560. The first-order valence-corrected chi connectivity index (χ1v) is 7.70. The van der Waals surface area contributed by atoms with Crippen LogP contribution in [0.3, 0.4) is 0 Å². The number of likely N-dealkylation sites (tertiary alicyclic amines) is 1. The molecule has 0 radical (unpaired) electrons. The van der Waals surface area contributed by atoms with E-state index in [1.54, 1.807) is 4.90 Å². The summed E-state index contributed by atoms with van der Waals surface area (Å²) < 4.78 is 0. The van der Waals surface area contributed by atoms with Crippen LogP contribution < -0.4 is 0 Å². The first-order valence-electron chi connectivity index (χ1n) is 7.70. The number of carbonyl (C=O) groups is 2. The largest absolute Gasteiger partial charge is 0.279 e. The van der Waals surface area contributed by atoms with Crippen molar-refractivity contribution < 1.29 is 9.59 Å². The van der Waals surface area contributed by atoms with Crippen LogP contribution in [-0.2, 0) is 9.59 Å². The minimum Gasteiger partial charge on any atom is -0.279 e. The Morgan fingerprint density at radius 3 is 2.05 bits per heavy atom. The van der Waals surface area contributed by atoms with Gasteiger partial charge in [-0.2, -0.15) is 0 Å². The summed E-state index contributed by atoms with van der Waals surface area (Å²) in [6.07, 6.45) is 9.30. The Labute approximate surface area is 113 Å². The second-order valence-electron chi connectivity index (χ2n) is 7.35. The molecule has 1 saturated heterocycles. The highest BCUT2D eigenvalue weighted by Gasteiger charge is 2.73. The molecule has 5 aliphatic rings. The van der Waals surface area contributed by atoms with Crippen molar-refractivity contribution in [2.75, 3.05) is 0 Å². The Bertz CT molecular complexity index is 495. The average Bonchev–Trinajstić information content (AvgIpc) is 3.27. The van der Waals surface area contributed by atoms with Gasteiger partial charge in [-0.1, -0.05) is 12.2 Å². The van der Waals surface area contributed by atoms with E-state index in [4.69, 9.17) is 0 Å². The van der Waals surface area contributed by atoms with Crippen molar-refractivity contribution in [3.8, 4) is 0 Å². The minimum absolute atomic E-state index is 0.00815. The summed E-state index contributed by atoms with van der Waals surface area (Å²) in [5, 5.41) is 0. The third-order valence-corrected chi connectivity index (χ3v) is 6.60. The molecule has 0 aromatic rings. The van der Waals surface area contributed by atoms with Gasteiger partial charge in [0.1, 0.15) is 0 Å². The maximum Gasteiger partial charge on any atom is 0.233 e. The molecular weight excluding hydrogens is 238 g/mol. The van der Waals surface area contributed by atoms with Crippen LogP contribution in [0.2, 0.25) is 0 Å². The highest BCUT2D eigenvalue weighted by molar-refractivity contribution is 6.07. The standard InChI is InChI=1S/C16H19NO2/c1-8(9-2-3-9)17-14(18)12-10-4-5-11(13(12)15(17)19)16(10)6-7-16/h4-5,8-13H,2-3,6-7H2,1H3/t8-,10-,11+,12+,13-/m0/s1. The fraction of sp³-hybridized carbons (Fsp3) is 0.750. The molecule has 0 aromatic carbocycles. The molecule has 19 heavy (non-hydrogen) atoms. The van der Waals surface area contributed by atoms with Crippen molar-refractivity contribution in [3.05, 3.63) is 12.2 Å². The summed E-state index contributed by atoms with van der Waals surface area (Å²) in [6, 6.07) is 0.139. The molecule has 2 bridgehead atoms. The lowest BCUT2D eigenvalue weighted by Crippen LogP contribution is -2.42. The van der Waals surface area contributed by atoms with Crippen LogP contribution in [0.4, 0.5) is 0 Å². The van der Waals surface area contributed by atoms with Gasteiger partial charge in [-0.05, 0) is 55.8 Å². The monoisotopic (exact) mass is 257 g/mol. The fourth-order valence-corrected chi connectivity index (χ4v) is 5.29. The number of hydrogen-bond donors (Lipinski definition) is 0. The molecule has 5 rings (SSSR count). The lowest BCUT2D eigenvalue weighted by atomic mass is 9.85. The smallest absolute Gasteiger partial charge is 0.233 e. The van der Waals surface area contributed by atoms with E-state index < -0.39 is 0 Å². The molecule has 0 unspecified atom stereocenters. The maximum absolute atomic E-state index is 12.7. The second-order valence-corrected chi connectivity index (χ2v) is 7.35. The van der Waals surface area contributed by atoms with Gasteiger partial charge in [0.2, 0.25) is 11.8 Å². The molecule has 3 saturated carbocycles. The van der Waals surface area contributed by atoms with Gasteiger partial charge < -0.3 is 0 Å². The normalized spacial score (nSPS) is 46.3. The molecule has 4 fully saturated rings. The van der Waals surface area contributed by atoms with Gasteiger partial charge in [-0.25, -0.2) is 0 Å². The Morgan fingerprint density at radius 1 is 1.11 bits per heavy atom. The van der Waals surface area contributed by atoms with Crippen molar-refractivity contribution in [2.24, 2.45) is 35.0 Å². The van der Waals surface area contributed by atoms with Gasteiger partial charge in [-0.15, -0.1) is 0 Å². The van der Waals surface area contributed by atoms with Gasteiger partial charge in [0, 0.05) is 6.04 Å². The summed E-state index contributed by atoms with van der Waals surface area (Å²) in [4.78, 5) is 27.1. The SMILES string of the molecule is C[C@@H](C1CC1)N1C(=O)[C@@H]2[C@H](C1=O)[C@@H]1C=C[C@H]2C12CC2. The lowest BCUT2D eigenvalue weighted by molar-refractivity contribution is -0.144. The molecule has 100 valence electrons. The van der Waals surface area contributed by atoms with E-state index in [1.807, 2.05) is 0 Å². The van der Waals surface area contributed by atoms with Crippen LogP contribution in [0.25, 0.3) is 0 Å². The average molecular weight is 257 g/mol. The topological polar surface area (TPSA) is 37.4 Å². The first-order chi connectivity index (χ1) is 9.15. The summed E-state index contributed by atoms with van der Waals surface area (Å²) in [6.45, 7) is 2.07. The molecule has 3 nitrogen and oxygen atoms in total. The van der Waals surface area contributed by atoms with E-state index in [-0.39, 0.29) is 29.7 Å². The van der Waals surface area contributed by atoms with Crippen molar-refractivity contribution in [1.82, 2.24) is 4.90 Å². The molecule has 1 spiro atoms. The molecule has 0 N–H and O–H groups in total. The Balaban J connectivity index is 1.54. The molecule has 3 heteroatoms. The summed E-state index contributed by atoms with van der Waals surface area (Å²) in [7, 11) is 0. The van der Waals surface area contributed by atoms with Crippen LogP contribution >= 0.6 is 0 Å². The van der Waals surface area contributed by atoms with Gasteiger partial charge in [0.15, 0.2) is 0 Å². The van der Waals surface area contributed by atoms with Crippen LogP contribution in [0.5, 0.6) is 0 Å². The highest BCUT2D eigenvalue weighted by Crippen LogP contribution is 2.73. The van der Waals surface area contributed by atoms with Gasteiger partial charge in [0.05, 0.1) is 11.8 Å². The number of fused-ring (bicyclic) bond motifs is 3. The number of amides is 2. The number of carbonyl (C=O) groups excluding carboxylic acids is 2.